The van der Waals surface area contributed by atoms with Crippen LogP contribution in [-0.4, -0.2) is 41.5 Å². The highest BCUT2D eigenvalue weighted by atomic mass is 32.1. The minimum absolute atomic E-state index is 0.0296. The highest BCUT2D eigenvalue weighted by Gasteiger charge is 2.29. The summed E-state index contributed by atoms with van der Waals surface area (Å²) in [4.78, 5) is 31.1. The van der Waals surface area contributed by atoms with Crippen molar-refractivity contribution in [2.24, 2.45) is 5.92 Å². The van der Waals surface area contributed by atoms with E-state index in [1.807, 2.05) is 29.6 Å². The molecule has 2 aromatic rings. The van der Waals surface area contributed by atoms with E-state index in [0.717, 1.165) is 35.5 Å². The first-order valence-electron chi connectivity index (χ1n) is 9.13. The summed E-state index contributed by atoms with van der Waals surface area (Å²) in [6.07, 6.45) is 2.54. The van der Waals surface area contributed by atoms with Gasteiger partial charge in [-0.25, -0.2) is 4.98 Å². The monoisotopic (exact) mass is 372 g/mol. The van der Waals surface area contributed by atoms with Crippen LogP contribution in [0.4, 0.5) is 0 Å². The van der Waals surface area contributed by atoms with Crippen LogP contribution in [0, 0.1) is 5.92 Å². The zero-order valence-corrected chi connectivity index (χ0v) is 16.1. The van der Waals surface area contributed by atoms with E-state index in [4.69, 9.17) is 4.74 Å². The number of esters is 1. The van der Waals surface area contributed by atoms with Gasteiger partial charge in [0.25, 0.3) is 5.91 Å². The molecule has 0 N–H and O–H groups in total. The molecule has 1 fully saturated rings. The quantitative estimate of drug-likeness (QED) is 0.749. The highest BCUT2D eigenvalue weighted by Crippen LogP contribution is 2.24. The molecule has 1 aliphatic rings. The molecule has 5 nitrogen and oxygen atoms in total. The molecule has 1 atom stereocenters. The predicted molar refractivity (Wildman–Crippen MR) is 102 cm³/mol. The van der Waals surface area contributed by atoms with Gasteiger partial charge in [0, 0.05) is 29.6 Å². The number of rotatable bonds is 5. The molecule has 1 saturated heterocycles. The van der Waals surface area contributed by atoms with Gasteiger partial charge in [-0.1, -0.05) is 19.1 Å². The van der Waals surface area contributed by atoms with Crippen LogP contribution in [0.3, 0.4) is 0 Å². The lowest BCUT2D eigenvalue weighted by Gasteiger charge is -2.31. The number of aromatic nitrogens is 1. The van der Waals surface area contributed by atoms with Gasteiger partial charge in [0.15, 0.2) is 0 Å². The smallest absolute Gasteiger partial charge is 0.310 e. The normalized spacial score (nSPS) is 17.2. The molecule has 26 heavy (non-hydrogen) atoms. The SMILES string of the molecule is CCOC(=O)[C@H]1CCCN(C(=O)c2ccc(-c3csc(CC)n3)cc2)C1. The molecule has 1 aromatic heterocycles. The van der Waals surface area contributed by atoms with Crippen molar-refractivity contribution >= 4 is 23.2 Å². The fourth-order valence-electron chi connectivity index (χ4n) is 3.19. The zero-order valence-electron chi connectivity index (χ0n) is 15.2. The van der Waals surface area contributed by atoms with Gasteiger partial charge in [-0.2, -0.15) is 0 Å². The molecule has 0 radical (unpaired) electrons. The summed E-state index contributed by atoms with van der Waals surface area (Å²) in [5.41, 5.74) is 2.61. The van der Waals surface area contributed by atoms with E-state index in [-0.39, 0.29) is 17.8 Å². The number of carbonyl (C=O) groups excluding carboxylic acids is 2. The van der Waals surface area contributed by atoms with Crippen LogP contribution in [0.1, 0.15) is 42.1 Å². The van der Waals surface area contributed by atoms with Crippen molar-refractivity contribution < 1.29 is 14.3 Å². The first-order chi connectivity index (χ1) is 12.6. The summed E-state index contributed by atoms with van der Waals surface area (Å²) < 4.78 is 5.11. The Hall–Kier alpha value is -2.21. The van der Waals surface area contributed by atoms with Crippen LogP contribution in [0.15, 0.2) is 29.6 Å². The number of aryl methyl sites for hydroxylation is 1. The molecule has 0 aliphatic carbocycles. The number of hydrogen-bond donors (Lipinski definition) is 0. The Bertz CT molecular complexity index is 770. The lowest BCUT2D eigenvalue weighted by molar-refractivity contribution is -0.149. The third-order valence-electron chi connectivity index (χ3n) is 4.61. The average Bonchev–Trinajstić information content (AvgIpc) is 3.17. The fraction of sp³-hybridized carbons (Fsp3) is 0.450. The summed E-state index contributed by atoms with van der Waals surface area (Å²) in [5, 5.41) is 3.16. The molecule has 1 amide bonds. The van der Waals surface area contributed by atoms with Crippen molar-refractivity contribution in [2.45, 2.75) is 33.1 Å². The number of benzene rings is 1. The summed E-state index contributed by atoms with van der Waals surface area (Å²) in [6, 6.07) is 7.57. The molecular formula is C20H24N2O3S. The molecule has 0 unspecified atom stereocenters. The van der Waals surface area contributed by atoms with Crippen LogP contribution >= 0.6 is 11.3 Å². The number of nitrogens with zero attached hydrogens (tertiary/aromatic N) is 2. The zero-order chi connectivity index (χ0) is 18.5. The van der Waals surface area contributed by atoms with E-state index < -0.39 is 0 Å². The van der Waals surface area contributed by atoms with Gasteiger partial charge >= 0.3 is 5.97 Å². The Morgan fingerprint density at radius 1 is 1.27 bits per heavy atom. The van der Waals surface area contributed by atoms with Gasteiger partial charge in [-0.05, 0) is 38.3 Å². The van der Waals surface area contributed by atoms with Gasteiger partial charge < -0.3 is 9.64 Å². The van der Waals surface area contributed by atoms with Gasteiger partial charge in [-0.15, -0.1) is 11.3 Å². The predicted octanol–water partition coefficient (Wildman–Crippen LogP) is 3.79. The van der Waals surface area contributed by atoms with Crippen molar-refractivity contribution in [1.29, 1.82) is 0 Å². The second kappa shape index (κ2) is 8.45. The van der Waals surface area contributed by atoms with Crippen molar-refractivity contribution in [3.05, 3.63) is 40.2 Å². The van der Waals surface area contributed by atoms with Gasteiger partial charge in [-0.3, -0.25) is 9.59 Å². The Balaban J connectivity index is 1.68. The third kappa shape index (κ3) is 4.12. The molecule has 1 aliphatic heterocycles. The number of hydrogen-bond acceptors (Lipinski definition) is 5. The first kappa shape index (κ1) is 18.6. The largest absolute Gasteiger partial charge is 0.466 e. The number of carbonyl (C=O) groups is 2. The minimum atomic E-state index is -0.214. The Labute approximate surface area is 158 Å². The van der Waals surface area contributed by atoms with Crippen LogP contribution in [0.2, 0.25) is 0 Å². The van der Waals surface area contributed by atoms with Crippen LogP contribution < -0.4 is 0 Å². The lowest BCUT2D eigenvalue weighted by Crippen LogP contribution is -2.42. The molecule has 0 saturated carbocycles. The Morgan fingerprint density at radius 3 is 2.69 bits per heavy atom. The van der Waals surface area contributed by atoms with Crippen molar-refractivity contribution in [1.82, 2.24) is 9.88 Å². The first-order valence-corrected chi connectivity index (χ1v) is 10.0. The minimum Gasteiger partial charge on any atom is -0.466 e. The number of likely N-dealkylation sites (tertiary alicyclic amines) is 1. The molecular weight excluding hydrogens is 348 g/mol. The summed E-state index contributed by atoms with van der Waals surface area (Å²) >= 11 is 1.65. The van der Waals surface area contributed by atoms with Gasteiger partial charge in [0.2, 0.25) is 0 Å². The number of ether oxygens (including phenoxy) is 1. The summed E-state index contributed by atoms with van der Waals surface area (Å²) in [6.45, 7) is 5.39. The van der Waals surface area contributed by atoms with Crippen LogP contribution in [0.25, 0.3) is 11.3 Å². The lowest BCUT2D eigenvalue weighted by atomic mass is 9.97. The van der Waals surface area contributed by atoms with E-state index in [1.54, 1.807) is 23.2 Å². The second-order valence-electron chi connectivity index (χ2n) is 6.40. The van der Waals surface area contributed by atoms with E-state index in [2.05, 4.69) is 11.9 Å². The number of amides is 1. The summed E-state index contributed by atoms with van der Waals surface area (Å²) in [5.74, 6) is -0.442. The molecule has 6 heteroatoms. The van der Waals surface area contributed by atoms with Crippen molar-refractivity contribution in [3.63, 3.8) is 0 Å². The van der Waals surface area contributed by atoms with Crippen LogP contribution in [-0.2, 0) is 16.0 Å². The average molecular weight is 372 g/mol. The molecule has 2 heterocycles. The molecule has 3 rings (SSSR count). The van der Waals surface area contributed by atoms with Crippen molar-refractivity contribution in [2.75, 3.05) is 19.7 Å². The Morgan fingerprint density at radius 2 is 2.04 bits per heavy atom. The van der Waals surface area contributed by atoms with E-state index in [1.165, 1.54) is 0 Å². The van der Waals surface area contributed by atoms with Gasteiger partial charge in [0.1, 0.15) is 0 Å². The number of piperidine rings is 1. The second-order valence-corrected chi connectivity index (χ2v) is 7.34. The third-order valence-corrected chi connectivity index (χ3v) is 5.60. The van der Waals surface area contributed by atoms with Gasteiger partial charge in [0.05, 0.1) is 23.2 Å². The standard InChI is InChI=1S/C20H24N2O3S/c1-3-18-21-17(13-26-18)14-7-9-15(10-8-14)19(23)22-11-5-6-16(12-22)20(24)25-4-2/h7-10,13,16H,3-6,11-12H2,1-2H3/t16-/m0/s1. The summed E-state index contributed by atoms with van der Waals surface area (Å²) in [7, 11) is 0. The topological polar surface area (TPSA) is 59.5 Å². The van der Waals surface area contributed by atoms with E-state index >= 15 is 0 Å². The van der Waals surface area contributed by atoms with E-state index in [9.17, 15) is 9.59 Å². The maximum Gasteiger partial charge on any atom is 0.310 e. The molecule has 138 valence electrons. The number of thiazole rings is 1. The maximum atomic E-state index is 12.8. The highest BCUT2D eigenvalue weighted by molar-refractivity contribution is 7.09. The maximum absolute atomic E-state index is 12.8. The molecule has 0 bridgehead atoms. The van der Waals surface area contributed by atoms with Crippen LogP contribution in [0.5, 0.6) is 0 Å². The van der Waals surface area contributed by atoms with E-state index in [0.29, 0.717) is 25.3 Å². The Kier molecular flexibility index (Phi) is 6.04. The molecule has 1 aromatic carbocycles. The fourth-order valence-corrected chi connectivity index (χ4v) is 3.94. The molecule has 0 spiro atoms. The van der Waals surface area contributed by atoms with Crippen molar-refractivity contribution in [3.8, 4) is 11.3 Å².